The first kappa shape index (κ1) is 17.9. The molecule has 1 N–H and O–H groups in total. The standard InChI is InChI=1S/C21H25BrN6/c1-26-7-9-27(10-8-26)19-11-16(15-5-6-15)14-28-21(19)24-20(25-28)13-23-18-4-2-3-17(22)12-18/h2-4,11-12,14-15,23H,5-10,13H2,1H3. The molecule has 0 unspecified atom stereocenters. The number of halogens is 1. The second kappa shape index (κ2) is 7.37. The van der Waals surface area contributed by atoms with E-state index in [9.17, 15) is 0 Å². The summed E-state index contributed by atoms with van der Waals surface area (Å²) < 4.78 is 3.06. The highest BCUT2D eigenvalue weighted by Gasteiger charge is 2.27. The minimum absolute atomic E-state index is 0.610. The number of likely N-dealkylation sites (N-methyl/N-ethyl adjacent to an activating group) is 1. The Bertz CT molecular complexity index is 988. The number of rotatable bonds is 5. The highest BCUT2D eigenvalue weighted by Crippen LogP contribution is 2.41. The van der Waals surface area contributed by atoms with E-state index in [0.29, 0.717) is 12.5 Å². The zero-order valence-corrected chi connectivity index (χ0v) is 17.7. The Kier molecular flexibility index (Phi) is 4.72. The molecule has 1 aliphatic heterocycles. The molecule has 2 aromatic heterocycles. The minimum atomic E-state index is 0.610. The SMILES string of the molecule is CN1CCN(c2cc(C3CC3)cn3nc(CNc4cccc(Br)c4)nc23)CC1. The second-order valence-corrected chi connectivity index (χ2v) is 8.80. The van der Waals surface area contributed by atoms with Gasteiger partial charge in [0.2, 0.25) is 0 Å². The molecule has 1 saturated heterocycles. The van der Waals surface area contributed by atoms with Crippen molar-refractivity contribution in [1.82, 2.24) is 19.5 Å². The summed E-state index contributed by atoms with van der Waals surface area (Å²) in [6.45, 7) is 4.87. The highest BCUT2D eigenvalue weighted by atomic mass is 79.9. The number of aromatic nitrogens is 3. The van der Waals surface area contributed by atoms with Crippen molar-refractivity contribution in [3.8, 4) is 0 Å². The lowest BCUT2D eigenvalue weighted by molar-refractivity contribution is 0.313. The van der Waals surface area contributed by atoms with Gasteiger partial charge in [0.05, 0.1) is 12.2 Å². The van der Waals surface area contributed by atoms with Crippen molar-refractivity contribution in [1.29, 1.82) is 0 Å². The van der Waals surface area contributed by atoms with Crippen molar-refractivity contribution in [3.05, 3.63) is 52.4 Å². The molecule has 1 aromatic carbocycles. The number of nitrogens with zero attached hydrogens (tertiary/aromatic N) is 5. The summed E-state index contributed by atoms with van der Waals surface area (Å²) in [6.07, 6.45) is 4.77. The molecule has 6 nitrogen and oxygen atoms in total. The molecule has 1 aliphatic carbocycles. The van der Waals surface area contributed by atoms with Gasteiger partial charge in [0.25, 0.3) is 0 Å². The van der Waals surface area contributed by atoms with Gasteiger partial charge in [0, 0.05) is 42.5 Å². The molecule has 1 saturated carbocycles. The van der Waals surface area contributed by atoms with Gasteiger partial charge in [-0.15, -0.1) is 5.10 Å². The van der Waals surface area contributed by atoms with Crippen LogP contribution in [0.1, 0.15) is 30.1 Å². The van der Waals surface area contributed by atoms with Gasteiger partial charge in [-0.3, -0.25) is 0 Å². The zero-order valence-electron chi connectivity index (χ0n) is 16.1. The molecule has 0 radical (unpaired) electrons. The largest absolute Gasteiger partial charge is 0.378 e. The molecule has 28 heavy (non-hydrogen) atoms. The van der Waals surface area contributed by atoms with E-state index in [1.165, 1.54) is 24.1 Å². The quantitative estimate of drug-likeness (QED) is 0.654. The average Bonchev–Trinajstić information content (AvgIpc) is 3.46. The molecular weight excluding hydrogens is 416 g/mol. The molecule has 7 heteroatoms. The first-order chi connectivity index (χ1) is 13.7. The van der Waals surface area contributed by atoms with Crippen LogP contribution in [0.3, 0.4) is 0 Å². The number of piperazine rings is 1. The van der Waals surface area contributed by atoms with Gasteiger partial charge < -0.3 is 15.1 Å². The van der Waals surface area contributed by atoms with Crippen LogP contribution in [0, 0.1) is 0 Å². The maximum atomic E-state index is 4.89. The summed E-state index contributed by atoms with van der Waals surface area (Å²) in [5.74, 6) is 1.52. The van der Waals surface area contributed by atoms with E-state index in [-0.39, 0.29) is 0 Å². The Morgan fingerprint density at radius 2 is 1.96 bits per heavy atom. The molecule has 0 bridgehead atoms. The van der Waals surface area contributed by atoms with Crippen LogP contribution in [-0.4, -0.2) is 52.7 Å². The van der Waals surface area contributed by atoms with Crippen LogP contribution < -0.4 is 10.2 Å². The van der Waals surface area contributed by atoms with Gasteiger partial charge in [0.15, 0.2) is 11.5 Å². The van der Waals surface area contributed by atoms with Crippen molar-refractivity contribution < 1.29 is 0 Å². The number of nitrogens with one attached hydrogen (secondary N) is 1. The Morgan fingerprint density at radius 1 is 1.14 bits per heavy atom. The topological polar surface area (TPSA) is 48.7 Å². The molecule has 2 fully saturated rings. The van der Waals surface area contributed by atoms with Gasteiger partial charge in [-0.25, -0.2) is 9.50 Å². The summed E-state index contributed by atoms with van der Waals surface area (Å²) in [6, 6.07) is 10.5. The number of hydrogen-bond acceptors (Lipinski definition) is 5. The molecule has 2 aliphatic rings. The number of benzene rings is 1. The first-order valence-electron chi connectivity index (χ1n) is 9.98. The van der Waals surface area contributed by atoms with E-state index in [0.717, 1.165) is 47.8 Å². The molecule has 0 spiro atoms. The van der Waals surface area contributed by atoms with Gasteiger partial charge in [-0.2, -0.15) is 0 Å². The van der Waals surface area contributed by atoms with E-state index >= 15 is 0 Å². The first-order valence-corrected chi connectivity index (χ1v) is 10.8. The predicted molar refractivity (Wildman–Crippen MR) is 116 cm³/mol. The average molecular weight is 441 g/mol. The molecule has 0 atom stereocenters. The fraction of sp³-hybridized carbons (Fsp3) is 0.429. The second-order valence-electron chi connectivity index (χ2n) is 7.88. The van der Waals surface area contributed by atoms with Gasteiger partial charge >= 0.3 is 0 Å². The minimum Gasteiger partial charge on any atom is -0.378 e. The normalized spacial score (nSPS) is 18.0. The lowest BCUT2D eigenvalue weighted by atomic mass is 10.1. The van der Waals surface area contributed by atoms with Crippen molar-refractivity contribution in [2.45, 2.75) is 25.3 Å². The lowest BCUT2D eigenvalue weighted by Crippen LogP contribution is -2.44. The summed E-state index contributed by atoms with van der Waals surface area (Å²) in [5, 5.41) is 8.21. The van der Waals surface area contributed by atoms with Crippen LogP contribution >= 0.6 is 15.9 Å². The molecule has 3 aromatic rings. The molecule has 146 valence electrons. The fourth-order valence-corrected chi connectivity index (χ4v) is 4.21. The number of fused-ring (bicyclic) bond motifs is 1. The maximum absolute atomic E-state index is 4.89. The summed E-state index contributed by atoms with van der Waals surface area (Å²) in [7, 11) is 2.19. The predicted octanol–water partition coefficient (Wildman–Crippen LogP) is 3.73. The number of hydrogen-bond donors (Lipinski definition) is 1. The van der Waals surface area contributed by atoms with Gasteiger partial charge in [-0.1, -0.05) is 22.0 Å². The van der Waals surface area contributed by atoms with Crippen molar-refractivity contribution in [2.24, 2.45) is 0 Å². The van der Waals surface area contributed by atoms with E-state index in [2.05, 4.69) is 62.5 Å². The van der Waals surface area contributed by atoms with Crippen LogP contribution in [0.25, 0.3) is 5.65 Å². The maximum Gasteiger partial charge on any atom is 0.179 e. The molecule has 5 rings (SSSR count). The zero-order chi connectivity index (χ0) is 19.1. The van der Waals surface area contributed by atoms with Crippen LogP contribution in [0.2, 0.25) is 0 Å². The smallest absolute Gasteiger partial charge is 0.179 e. The van der Waals surface area contributed by atoms with Gasteiger partial charge in [-0.05, 0) is 55.6 Å². The molecule has 3 heterocycles. The number of anilines is 2. The van der Waals surface area contributed by atoms with Crippen molar-refractivity contribution >= 4 is 33.0 Å². The fourth-order valence-electron chi connectivity index (χ4n) is 3.81. The number of pyridine rings is 1. The van der Waals surface area contributed by atoms with E-state index in [1.54, 1.807) is 0 Å². The van der Waals surface area contributed by atoms with Crippen LogP contribution in [0.4, 0.5) is 11.4 Å². The monoisotopic (exact) mass is 440 g/mol. The third-order valence-corrected chi connectivity index (χ3v) is 6.14. The van der Waals surface area contributed by atoms with Gasteiger partial charge in [0.1, 0.15) is 0 Å². The third-order valence-electron chi connectivity index (χ3n) is 5.65. The summed E-state index contributed by atoms with van der Waals surface area (Å²) >= 11 is 3.52. The molecular formula is C21H25BrN6. The van der Waals surface area contributed by atoms with E-state index in [1.807, 2.05) is 16.6 Å². The van der Waals surface area contributed by atoms with Crippen molar-refractivity contribution in [2.75, 3.05) is 43.4 Å². The highest BCUT2D eigenvalue weighted by molar-refractivity contribution is 9.10. The van der Waals surface area contributed by atoms with Crippen molar-refractivity contribution in [3.63, 3.8) is 0 Å². The van der Waals surface area contributed by atoms with E-state index in [4.69, 9.17) is 10.1 Å². The van der Waals surface area contributed by atoms with Crippen LogP contribution in [0.15, 0.2) is 41.0 Å². The Balaban J connectivity index is 1.44. The summed E-state index contributed by atoms with van der Waals surface area (Å²) in [4.78, 5) is 9.75. The lowest BCUT2D eigenvalue weighted by Gasteiger charge is -2.34. The van der Waals surface area contributed by atoms with E-state index < -0.39 is 0 Å². The Labute approximate surface area is 173 Å². The van der Waals surface area contributed by atoms with Crippen LogP contribution in [0.5, 0.6) is 0 Å². The Hall–Kier alpha value is -2.12. The summed E-state index contributed by atoms with van der Waals surface area (Å²) in [5.41, 5.74) is 4.67. The van der Waals surface area contributed by atoms with Crippen LogP contribution in [-0.2, 0) is 6.54 Å². The third kappa shape index (κ3) is 3.73. The Morgan fingerprint density at radius 3 is 2.71 bits per heavy atom. The molecule has 0 amide bonds.